The van der Waals surface area contributed by atoms with Gasteiger partial charge in [0.1, 0.15) is 28.1 Å². The largest absolute Gasteiger partial charge is 0.492 e. The van der Waals surface area contributed by atoms with Crippen LogP contribution in [0.3, 0.4) is 0 Å². The van der Waals surface area contributed by atoms with Gasteiger partial charge < -0.3 is 15.0 Å². The molecule has 2 aromatic heterocycles. The van der Waals surface area contributed by atoms with Crippen LogP contribution in [-0.4, -0.2) is 51.3 Å². The molecule has 4 heterocycles. The molecular formula is C27H30N6O5S. The number of aromatic nitrogens is 2. The molecule has 2 aliphatic rings. The molecule has 0 aliphatic carbocycles. The maximum Gasteiger partial charge on any atom is 0.321 e. The van der Waals surface area contributed by atoms with Gasteiger partial charge in [0.25, 0.3) is 5.91 Å². The normalized spacial score (nSPS) is 17.3. The number of amides is 5. The molecule has 204 valence electrons. The second kappa shape index (κ2) is 10.3. The number of imide groups is 1. The van der Waals surface area contributed by atoms with Crippen LogP contribution in [0.5, 0.6) is 5.75 Å². The van der Waals surface area contributed by atoms with Crippen LogP contribution >= 0.6 is 11.3 Å². The number of carbonyl (C=O) groups is 4. The van der Waals surface area contributed by atoms with Crippen molar-refractivity contribution in [1.82, 2.24) is 25.5 Å². The first-order valence-electron chi connectivity index (χ1n) is 12.9. The Labute approximate surface area is 229 Å². The Morgan fingerprint density at radius 2 is 2.00 bits per heavy atom. The molecule has 2 aliphatic heterocycles. The zero-order valence-electron chi connectivity index (χ0n) is 22.2. The Morgan fingerprint density at radius 3 is 2.72 bits per heavy atom. The highest BCUT2D eigenvalue weighted by molar-refractivity contribution is 7.18. The van der Waals surface area contributed by atoms with Crippen molar-refractivity contribution >= 4 is 51.1 Å². The third-order valence-corrected chi connectivity index (χ3v) is 8.13. The second-order valence-corrected chi connectivity index (χ2v) is 11.1. The van der Waals surface area contributed by atoms with E-state index in [1.54, 1.807) is 12.1 Å². The topological polar surface area (TPSA) is 143 Å². The van der Waals surface area contributed by atoms with Gasteiger partial charge in [0.2, 0.25) is 11.8 Å². The number of benzene rings is 1. The number of rotatable bonds is 7. The molecule has 0 bridgehead atoms. The van der Waals surface area contributed by atoms with Crippen molar-refractivity contribution in [3.8, 4) is 5.75 Å². The van der Waals surface area contributed by atoms with Crippen molar-refractivity contribution in [3.05, 3.63) is 46.1 Å². The number of ether oxygens (including phenoxy) is 1. The van der Waals surface area contributed by atoms with Crippen LogP contribution in [0.1, 0.15) is 67.2 Å². The van der Waals surface area contributed by atoms with Gasteiger partial charge in [-0.05, 0) is 63.4 Å². The molecular weight excluding hydrogens is 520 g/mol. The fraction of sp³-hybridized carbons (Fsp3) is 0.407. The molecule has 5 rings (SSSR count). The number of carbonyl (C=O) groups excluding carboxylic acids is 4. The van der Waals surface area contributed by atoms with Crippen LogP contribution < -0.4 is 20.7 Å². The van der Waals surface area contributed by atoms with Crippen LogP contribution in [-0.2, 0) is 28.1 Å². The molecule has 5 amide bonds. The number of nitrogens with zero attached hydrogens (tertiary/aromatic N) is 3. The molecule has 1 atom stereocenters. The molecule has 12 heteroatoms. The SMILES string of the molecule is CCOc1cc(CC)cc2sc(C(C)(C)NC(=O)Nc3ccc4c(n3)CN(C3CCC(=O)NC3=O)C4=O)nc12. The van der Waals surface area contributed by atoms with Gasteiger partial charge in [-0.1, -0.05) is 6.92 Å². The standard InChI is InChI=1S/C27H30N6O5S/c1-5-14-11-18(38-6-2)22-19(12-14)39-25(31-22)27(3,4)32-26(37)29-20-9-7-15-16(28-20)13-33(24(15)36)17-8-10-21(34)30-23(17)35/h7,9,11-12,17H,5-6,8,10,13H2,1-4H3,(H,30,34,35)(H2,28,29,32,37). The van der Waals surface area contributed by atoms with Gasteiger partial charge in [-0.25, -0.2) is 14.8 Å². The van der Waals surface area contributed by atoms with Gasteiger partial charge in [0.05, 0.1) is 34.6 Å². The van der Waals surface area contributed by atoms with E-state index in [1.807, 2.05) is 26.8 Å². The highest BCUT2D eigenvalue weighted by Gasteiger charge is 2.40. The first-order chi connectivity index (χ1) is 18.6. The summed E-state index contributed by atoms with van der Waals surface area (Å²) in [5.74, 6) is -0.141. The molecule has 11 nitrogen and oxygen atoms in total. The highest BCUT2D eigenvalue weighted by Crippen LogP contribution is 2.36. The van der Waals surface area contributed by atoms with Crippen molar-refractivity contribution in [2.75, 3.05) is 11.9 Å². The van der Waals surface area contributed by atoms with Crippen LogP contribution in [0.25, 0.3) is 10.2 Å². The van der Waals surface area contributed by atoms with Crippen molar-refractivity contribution in [2.24, 2.45) is 0 Å². The van der Waals surface area contributed by atoms with E-state index in [0.29, 0.717) is 17.9 Å². The Morgan fingerprint density at radius 1 is 1.21 bits per heavy atom. The number of anilines is 1. The Hall–Kier alpha value is -4.06. The number of hydrogen-bond acceptors (Lipinski definition) is 8. The zero-order valence-corrected chi connectivity index (χ0v) is 23.0. The van der Waals surface area contributed by atoms with Gasteiger partial charge in [-0.3, -0.25) is 25.0 Å². The van der Waals surface area contributed by atoms with E-state index >= 15 is 0 Å². The number of hydrogen-bond donors (Lipinski definition) is 3. The van der Waals surface area contributed by atoms with Gasteiger partial charge in [0, 0.05) is 6.42 Å². The summed E-state index contributed by atoms with van der Waals surface area (Å²) in [6.07, 6.45) is 1.32. The van der Waals surface area contributed by atoms with Gasteiger partial charge in [0.15, 0.2) is 0 Å². The van der Waals surface area contributed by atoms with E-state index in [4.69, 9.17) is 9.72 Å². The first kappa shape index (κ1) is 26.5. The van der Waals surface area contributed by atoms with Crippen molar-refractivity contribution in [2.45, 2.75) is 65.1 Å². The summed E-state index contributed by atoms with van der Waals surface area (Å²) in [7, 11) is 0. The first-order valence-corrected chi connectivity index (χ1v) is 13.7. The average molecular weight is 551 g/mol. The van der Waals surface area contributed by atoms with Gasteiger partial charge >= 0.3 is 6.03 Å². The minimum atomic E-state index is -0.793. The third kappa shape index (κ3) is 5.16. The van der Waals surface area contributed by atoms with Crippen molar-refractivity contribution in [1.29, 1.82) is 0 Å². The third-order valence-electron chi connectivity index (χ3n) is 6.80. The molecule has 1 aromatic carbocycles. The Kier molecular flexibility index (Phi) is 6.98. The summed E-state index contributed by atoms with van der Waals surface area (Å²) in [4.78, 5) is 60.3. The summed E-state index contributed by atoms with van der Waals surface area (Å²) >= 11 is 1.51. The maximum absolute atomic E-state index is 13.0. The lowest BCUT2D eigenvalue weighted by Crippen LogP contribution is -2.52. The smallest absolute Gasteiger partial charge is 0.321 e. The monoisotopic (exact) mass is 550 g/mol. The average Bonchev–Trinajstić information content (AvgIpc) is 3.46. The van der Waals surface area contributed by atoms with Crippen LogP contribution in [0.2, 0.25) is 0 Å². The fourth-order valence-corrected chi connectivity index (χ4v) is 5.88. The number of pyridine rings is 1. The molecule has 3 aromatic rings. The zero-order chi connectivity index (χ0) is 27.9. The lowest BCUT2D eigenvalue weighted by atomic mass is 10.0. The molecule has 0 radical (unpaired) electrons. The fourth-order valence-electron chi connectivity index (χ4n) is 4.78. The molecule has 39 heavy (non-hydrogen) atoms. The lowest BCUT2D eigenvalue weighted by molar-refractivity contribution is -0.136. The molecule has 0 saturated carbocycles. The van der Waals surface area contributed by atoms with Gasteiger partial charge in [-0.15, -0.1) is 11.3 Å². The summed E-state index contributed by atoms with van der Waals surface area (Å²) in [6.45, 7) is 8.42. The van der Waals surface area contributed by atoms with E-state index in [-0.39, 0.29) is 37.0 Å². The van der Waals surface area contributed by atoms with Crippen LogP contribution in [0, 0.1) is 0 Å². The molecule has 1 saturated heterocycles. The van der Waals surface area contributed by atoms with E-state index in [0.717, 1.165) is 33.0 Å². The Balaban J connectivity index is 1.29. The number of fused-ring (bicyclic) bond motifs is 2. The summed E-state index contributed by atoms with van der Waals surface area (Å²) in [5.41, 5.74) is 1.97. The quantitative estimate of drug-likeness (QED) is 0.382. The number of thiazole rings is 1. The van der Waals surface area contributed by atoms with Crippen molar-refractivity contribution < 1.29 is 23.9 Å². The Bertz CT molecular complexity index is 1500. The summed E-state index contributed by atoms with van der Waals surface area (Å²) in [6, 6.07) is 6.05. The molecule has 0 spiro atoms. The maximum atomic E-state index is 13.0. The van der Waals surface area contributed by atoms with Crippen LogP contribution in [0.15, 0.2) is 24.3 Å². The molecule has 3 N–H and O–H groups in total. The number of piperidine rings is 1. The van der Waals surface area contributed by atoms with Crippen LogP contribution in [0.4, 0.5) is 10.6 Å². The number of urea groups is 1. The number of nitrogens with one attached hydrogen (secondary N) is 3. The molecule has 1 fully saturated rings. The summed E-state index contributed by atoms with van der Waals surface area (Å²) in [5, 5.41) is 8.72. The molecule has 1 unspecified atom stereocenters. The predicted octanol–water partition coefficient (Wildman–Crippen LogP) is 3.47. The van der Waals surface area contributed by atoms with E-state index < -0.39 is 23.5 Å². The minimum Gasteiger partial charge on any atom is -0.492 e. The highest BCUT2D eigenvalue weighted by atomic mass is 32.1. The van der Waals surface area contributed by atoms with E-state index in [9.17, 15) is 19.2 Å². The number of aryl methyl sites for hydroxylation is 1. The summed E-state index contributed by atoms with van der Waals surface area (Å²) < 4.78 is 6.81. The predicted molar refractivity (Wildman–Crippen MR) is 146 cm³/mol. The minimum absolute atomic E-state index is 0.122. The van der Waals surface area contributed by atoms with Gasteiger partial charge in [-0.2, -0.15) is 0 Å². The van der Waals surface area contributed by atoms with Crippen molar-refractivity contribution in [3.63, 3.8) is 0 Å². The van der Waals surface area contributed by atoms with E-state index in [2.05, 4.69) is 33.9 Å². The van der Waals surface area contributed by atoms with E-state index in [1.165, 1.54) is 16.2 Å². The second-order valence-electron chi connectivity index (χ2n) is 10.0. The lowest BCUT2D eigenvalue weighted by Gasteiger charge is -2.29.